The minimum atomic E-state index is -0.316. The molecule has 1 aliphatic heterocycles. The summed E-state index contributed by atoms with van der Waals surface area (Å²) in [5.41, 5.74) is 3.68. The molecule has 1 amide bonds. The lowest BCUT2D eigenvalue weighted by Crippen LogP contribution is -2.47. The molecule has 0 spiro atoms. The van der Waals surface area contributed by atoms with Crippen molar-refractivity contribution in [3.63, 3.8) is 0 Å². The van der Waals surface area contributed by atoms with Crippen LogP contribution in [0.4, 0.5) is 15.9 Å². The molecule has 39 heavy (non-hydrogen) atoms. The van der Waals surface area contributed by atoms with Crippen molar-refractivity contribution in [3.8, 4) is 5.75 Å². The number of nitrogens with zero attached hydrogens (tertiary/aromatic N) is 4. The first kappa shape index (κ1) is 26.9. The van der Waals surface area contributed by atoms with Crippen LogP contribution in [0, 0.1) is 5.82 Å². The molecule has 5 rings (SSSR count). The SMILES string of the molecule is COCCN(Cc1cc2ccc(F)cc2nc1N1CCN(c2cccc(OC)c2)CC1)C(=O)Cc1ccsc1. The number of hydrogen-bond acceptors (Lipinski definition) is 7. The number of amides is 1. The Labute approximate surface area is 232 Å². The first-order valence-corrected chi connectivity index (χ1v) is 14.0. The van der Waals surface area contributed by atoms with E-state index < -0.39 is 0 Å². The number of piperazine rings is 1. The number of benzene rings is 2. The van der Waals surface area contributed by atoms with Crippen molar-refractivity contribution in [2.24, 2.45) is 0 Å². The number of halogens is 1. The van der Waals surface area contributed by atoms with Crippen molar-refractivity contribution in [2.45, 2.75) is 13.0 Å². The summed E-state index contributed by atoms with van der Waals surface area (Å²) in [5, 5.41) is 4.84. The maximum absolute atomic E-state index is 14.1. The zero-order chi connectivity index (χ0) is 27.2. The molecule has 1 aliphatic rings. The van der Waals surface area contributed by atoms with Crippen LogP contribution in [0.5, 0.6) is 5.75 Å². The van der Waals surface area contributed by atoms with E-state index in [2.05, 4.69) is 15.9 Å². The molecule has 0 aliphatic carbocycles. The third-order valence-corrected chi connectivity index (χ3v) is 7.78. The van der Waals surface area contributed by atoms with Gasteiger partial charge in [0.25, 0.3) is 0 Å². The van der Waals surface area contributed by atoms with Crippen LogP contribution < -0.4 is 14.5 Å². The lowest BCUT2D eigenvalue weighted by Gasteiger charge is -2.38. The van der Waals surface area contributed by atoms with Gasteiger partial charge in [-0.3, -0.25) is 4.79 Å². The van der Waals surface area contributed by atoms with Crippen LogP contribution in [0.3, 0.4) is 0 Å². The van der Waals surface area contributed by atoms with E-state index in [9.17, 15) is 9.18 Å². The molecule has 9 heteroatoms. The highest BCUT2D eigenvalue weighted by Crippen LogP contribution is 2.29. The van der Waals surface area contributed by atoms with Crippen molar-refractivity contribution in [1.29, 1.82) is 0 Å². The summed E-state index contributed by atoms with van der Waals surface area (Å²) in [6.07, 6.45) is 0.341. The Kier molecular flexibility index (Phi) is 8.58. The second-order valence-electron chi connectivity index (χ2n) is 9.60. The van der Waals surface area contributed by atoms with Gasteiger partial charge in [-0.05, 0) is 52.7 Å². The van der Waals surface area contributed by atoms with Crippen LogP contribution in [0.15, 0.2) is 65.4 Å². The Morgan fingerprint density at radius 3 is 2.62 bits per heavy atom. The number of thiophene rings is 1. The number of anilines is 2. The molecular formula is C30H33FN4O3S. The number of hydrogen-bond donors (Lipinski definition) is 0. The van der Waals surface area contributed by atoms with Gasteiger partial charge in [-0.25, -0.2) is 9.37 Å². The first-order chi connectivity index (χ1) is 19.0. The summed E-state index contributed by atoms with van der Waals surface area (Å²) in [6.45, 7) is 4.43. The average Bonchev–Trinajstić information content (AvgIpc) is 3.48. The standard InChI is InChI=1S/C30H33FN4O3S/c1-37-14-13-35(29(36)16-22-8-15-39-21-22)20-24-17-23-6-7-25(31)18-28(23)32-30(24)34-11-9-33(10-12-34)26-4-3-5-27(19-26)38-2/h3-8,15,17-19,21H,9-14,16,20H2,1-2H3. The van der Waals surface area contributed by atoms with Gasteiger partial charge in [0.05, 0.1) is 25.7 Å². The number of aromatic nitrogens is 1. The number of fused-ring (bicyclic) bond motifs is 1. The van der Waals surface area contributed by atoms with Crippen LogP contribution in [-0.2, 0) is 22.5 Å². The fourth-order valence-corrected chi connectivity index (χ4v) is 5.59. The van der Waals surface area contributed by atoms with Gasteiger partial charge in [-0.1, -0.05) is 6.07 Å². The van der Waals surface area contributed by atoms with E-state index in [1.165, 1.54) is 12.1 Å². The van der Waals surface area contributed by atoms with Gasteiger partial charge in [0.1, 0.15) is 17.4 Å². The monoisotopic (exact) mass is 548 g/mol. The molecule has 0 saturated carbocycles. The smallest absolute Gasteiger partial charge is 0.227 e. The number of methoxy groups -OCH3 is 2. The van der Waals surface area contributed by atoms with E-state index >= 15 is 0 Å². The number of ether oxygens (including phenoxy) is 2. The van der Waals surface area contributed by atoms with Gasteiger partial charge in [0.2, 0.25) is 5.91 Å². The zero-order valence-electron chi connectivity index (χ0n) is 22.3. The Bertz CT molecular complexity index is 1410. The summed E-state index contributed by atoms with van der Waals surface area (Å²) >= 11 is 1.59. The maximum atomic E-state index is 14.1. The van der Waals surface area contributed by atoms with Gasteiger partial charge in [-0.15, -0.1) is 0 Å². The second kappa shape index (κ2) is 12.4. The van der Waals surface area contributed by atoms with Crippen LogP contribution in [-0.4, -0.2) is 69.3 Å². The molecule has 3 heterocycles. The third-order valence-electron chi connectivity index (χ3n) is 7.05. The lowest BCUT2D eigenvalue weighted by atomic mass is 10.1. The highest BCUT2D eigenvalue weighted by atomic mass is 32.1. The fourth-order valence-electron chi connectivity index (χ4n) is 4.93. The number of rotatable bonds is 10. The van der Waals surface area contributed by atoms with Crippen molar-refractivity contribution < 1.29 is 18.7 Å². The van der Waals surface area contributed by atoms with Crippen molar-refractivity contribution >= 4 is 39.7 Å². The summed E-state index contributed by atoms with van der Waals surface area (Å²) in [6, 6.07) is 16.8. The van der Waals surface area contributed by atoms with E-state index in [0.717, 1.165) is 59.9 Å². The Morgan fingerprint density at radius 1 is 1.05 bits per heavy atom. The van der Waals surface area contributed by atoms with Crippen LogP contribution >= 0.6 is 11.3 Å². The number of carbonyl (C=O) groups is 1. The van der Waals surface area contributed by atoms with E-state index in [4.69, 9.17) is 14.5 Å². The summed E-state index contributed by atoms with van der Waals surface area (Å²) in [5.74, 6) is 1.35. The topological polar surface area (TPSA) is 58.1 Å². The highest BCUT2D eigenvalue weighted by molar-refractivity contribution is 7.08. The molecule has 1 saturated heterocycles. The summed E-state index contributed by atoms with van der Waals surface area (Å²) in [4.78, 5) is 24.7. The van der Waals surface area contributed by atoms with Crippen molar-refractivity contribution in [3.05, 3.63) is 82.3 Å². The molecule has 0 unspecified atom stereocenters. The normalized spacial score (nSPS) is 13.6. The largest absolute Gasteiger partial charge is 0.497 e. The van der Waals surface area contributed by atoms with Crippen LogP contribution in [0.25, 0.3) is 10.9 Å². The summed E-state index contributed by atoms with van der Waals surface area (Å²) < 4.78 is 24.8. The predicted octanol–water partition coefficient (Wildman–Crippen LogP) is 4.99. The third kappa shape index (κ3) is 6.49. The molecule has 2 aromatic heterocycles. The highest BCUT2D eigenvalue weighted by Gasteiger charge is 2.24. The van der Waals surface area contributed by atoms with Crippen molar-refractivity contribution in [1.82, 2.24) is 9.88 Å². The molecule has 0 radical (unpaired) electrons. The minimum Gasteiger partial charge on any atom is -0.497 e. The van der Waals surface area contributed by atoms with Crippen LogP contribution in [0.1, 0.15) is 11.1 Å². The second-order valence-corrected chi connectivity index (χ2v) is 10.4. The van der Waals surface area contributed by atoms with E-state index in [1.54, 1.807) is 31.6 Å². The number of pyridine rings is 1. The van der Waals surface area contributed by atoms with Crippen molar-refractivity contribution in [2.75, 3.05) is 63.4 Å². The molecule has 0 atom stereocenters. The Morgan fingerprint density at radius 2 is 1.87 bits per heavy atom. The van der Waals surface area contributed by atoms with Gasteiger partial charge < -0.3 is 24.2 Å². The van der Waals surface area contributed by atoms with Crippen LogP contribution in [0.2, 0.25) is 0 Å². The molecule has 0 bridgehead atoms. The molecular weight excluding hydrogens is 515 g/mol. The van der Waals surface area contributed by atoms with Gasteiger partial charge in [0, 0.05) is 75.1 Å². The Balaban J connectivity index is 1.41. The Hall–Kier alpha value is -3.69. The zero-order valence-corrected chi connectivity index (χ0v) is 23.1. The van der Waals surface area contributed by atoms with Gasteiger partial charge in [-0.2, -0.15) is 11.3 Å². The van der Waals surface area contributed by atoms with E-state index in [0.29, 0.717) is 31.6 Å². The molecule has 1 fully saturated rings. The van der Waals surface area contributed by atoms with E-state index in [1.807, 2.05) is 46.0 Å². The van der Waals surface area contributed by atoms with Gasteiger partial charge >= 0.3 is 0 Å². The fraction of sp³-hybridized carbons (Fsp3) is 0.333. The molecule has 7 nitrogen and oxygen atoms in total. The predicted molar refractivity (Wildman–Crippen MR) is 154 cm³/mol. The minimum absolute atomic E-state index is 0.0402. The molecule has 0 N–H and O–H groups in total. The lowest BCUT2D eigenvalue weighted by molar-refractivity contribution is -0.131. The summed E-state index contributed by atoms with van der Waals surface area (Å²) in [7, 11) is 3.31. The quantitative estimate of drug-likeness (QED) is 0.278. The van der Waals surface area contributed by atoms with Gasteiger partial charge in [0.15, 0.2) is 0 Å². The maximum Gasteiger partial charge on any atom is 0.227 e. The molecule has 204 valence electrons. The molecule has 4 aromatic rings. The average molecular weight is 549 g/mol. The first-order valence-electron chi connectivity index (χ1n) is 13.0. The number of carbonyl (C=O) groups excluding carboxylic acids is 1. The molecule has 2 aromatic carbocycles. The van der Waals surface area contributed by atoms with E-state index in [-0.39, 0.29) is 11.7 Å².